The predicted octanol–water partition coefficient (Wildman–Crippen LogP) is 3.60. The monoisotopic (exact) mass is 473 g/mol. The Morgan fingerprint density at radius 2 is 1.60 bits per heavy atom. The van der Waals surface area contributed by atoms with Crippen LogP contribution in [0.15, 0.2) is 66.7 Å². The molecule has 0 radical (unpaired) electrons. The maximum absolute atomic E-state index is 12.5. The van der Waals surface area contributed by atoms with Crippen LogP contribution in [0.4, 0.5) is 10.5 Å². The number of nitrogens with one attached hydrogen (secondary N) is 2. The molecule has 0 aromatic heterocycles. The van der Waals surface area contributed by atoms with Crippen molar-refractivity contribution >= 4 is 23.7 Å². The highest BCUT2D eigenvalue weighted by molar-refractivity contribution is 5.97. The lowest BCUT2D eigenvalue weighted by atomic mass is 9.98. The first-order chi connectivity index (χ1) is 16.9. The molecule has 1 atom stereocenters. The van der Waals surface area contributed by atoms with E-state index in [9.17, 15) is 14.4 Å². The van der Waals surface area contributed by atoms with Gasteiger partial charge >= 0.3 is 12.1 Å². The molecule has 0 aliphatic heterocycles. The first kappa shape index (κ1) is 23.8. The van der Waals surface area contributed by atoms with E-state index in [0.717, 1.165) is 22.3 Å². The van der Waals surface area contributed by atoms with Crippen molar-refractivity contribution in [1.82, 2.24) is 10.6 Å². The minimum absolute atomic E-state index is 0.0398. The average molecular weight is 474 g/mol. The summed E-state index contributed by atoms with van der Waals surface area (Å²) in [5.74, 6) is -1.04. The number of carbonyl (C=O) groups is 3. The van der Waals surface area contributed by atoms with Crippen molar-refractivity contribution in [3.8, 4) is 11.1 Å². The van der Waals surface area contributed by atoms with Gasteiger partial charge < -0.3 is 25.8 Å². The zero-order valence-corrected chi connectivity index (χ0v) is 19.5. The van der Waals surface area contributed by atoms with Gasteiger partial charge in [0.1, 0.15) is 12.6 Å². The standard InChI is InChI=1S/C27H27N3O5/c1-16(26(32)34-2)30-25(31)17-11-12-24(28)18(13-17)14-29-27(33)35-15-23-21-9-5-3-7-19(21)20-8-4-6-10-22(20)23/h3-13,16,23H,14-15,28H2,1-2H3,(H,29,33)(H,30,31)/t16-/m0/s1. The van der Waals surface area contributed by atoms with E-state index in [1.807, 2.05) is 24.3 Å². The Balaban J connectivity index is 1.37. The van der Waals surface area contributed by atoms with Crippen LogP contribution in [-0.4, -0.2) is 37.7 Å². The Bertz CT molecular complexity index is 1230. The summed E-state index contributed by atoms with van der Waals surface area (Å²) in [6.07, 6.45) is -0.583. The second-order valence-corrected chi connectivity index (χ2v) is 8.31. The van der Waals surface area contributed by atoms with Crippen LogP contribution in [0, 0.1) is 0 Å². The van der Waals surface area contributed by atoms with E-state index in [2.05, 4.69) is 39.6 Å². The van der Waals surface area contributed by atoms with Crippen molar-refractivity contribution in [1.29, 1.82) is 0 Å². The fourth-order valence-corrected chi connectivity index (χ4v) is 4.23. The molecule has 8 nitrogen and oxygen atoms in total. The van der Waals surface area contributed by atoms with Crippen LogP contribution in [0.25, 0.3) is 11.1 Å². The Morgan fingerprint density at radius 1 is 0.971 bits per heavy atom. The van der Waals surface area contributed by atoms with Crippen LogP contribution < -0.4 is 16.4 Å². The van der Waals surface area contributed by atoms with Gasteiger partial charge in [-0.15, -0.1) is 0 Å². The quantitative estimate of drug-likeness (QED) is 0.356. The number of methoxy groups -OCH3 is 1. The number of anilines is 1. The van der Waals surface area contributed by atoms with E-state index >= 15 is 0 Å². The van der Waals surface area contributed by atoms with E-state index in [1.165, 1.54) is 14.0 Å². The fraction of sp³-hybridized carbons (Fsp3) is 0.222. The van der Waals surface area contributed by atoms with Crippen LogP contribution >= 0.6 is 0 Å². The zero-order valence-electron chi connectivity index (χ0n) is 19.5. The first-order valence-corrected chi connectivity index (χ1v) is 11.2. The molecular formula is C27H27N3O5. The number of nitrogens with two attached hydrogens (primary N) is 1. The molecule has 0 fully saturated rings. The summed E-state index contributed by atoms with van der Waals surface area (Å²) in [4.78, 5) is 36.5. The zero-order chi connectivity index (χ0) is 24.9. The minimum Gasteiger partial charge on any atom is -0.467 e. The third-order valence-corrected chi connectivity index (χ3v) is 6.07. The number of esters is 1. The largest absolute Gasteiger partial charge is 0.467 e. The molecule has 4 rings (SSSR count). The molecular weight excluding hydrogens is 446 g/mol. The minimum atomic E-state index is -0.799. The molecule has 3 aromatic carbocycles. The molecule has 0 saturated carbocycles. The molecule has 0 spiro atoms. The molecule has 2 amide bonds. The van der Waals surface area contributed by atoms with Crippen molar-refractivity contribution in [2.75, 3.05) is 19.5 Å². The Kier molecular flexibility index (Phi) is 7.01. The summed E-state index contributed by atoms with van der Waals surface area (Å²) >= 11 is 0. The number of alkyl carbamates (subject to hydrolysis) is 1. The van der Waals surface area contributed by atoms with E-state index in [-0.39, 0.29) is 19.1 Å². The van der Waals surface area contributed by atoms with Crippen LogP contribution in [-0.2, 0) is 20.8 Å². The normalized spacial score (nSPS) is 12.7. The second kappa shape index (κ2) is 10.3. The van der Waals surface area contributed by atoms with E-state index < -0.39 is 24.0 Å². The molecule has 4 N–H and O–H groups in total. The van der Waals surface area contributed by atoms with Crippen LogP contribution in [0.2, 0.25) is 0 Å². The highest BCUT2D eigenvalue weighted by Crippen LogP contribution is 2.44. The predicted molar refractivity (Wildman–Crippen MR) is 132 cm³/mol. The molecule has 0 saturated heterocycles. The third kappa shape index (κ3) is 5.11. The second-order valence-electron chi connectivity index (χ2n) is 8.31. The van der Waals surface area contributed by atoms with E-state index in [4.69, 9.17) is 10.5 Å². The number of carbonyl (C=O) groups excluding carboxylic acids is 3. The molecule has 1 aliphatic rings. The lowest BCUT2D eigenvalue weighted by Crippen LogP contribution is -2.39. The van der Waals surface area contributed by atoms with Crippen molar-refractivity contribution in [3.63, 3.8) is 0 Å². The average Bonchev–Trinajstić information content (AvgIpc) is 3.20. The number of ether oxygens (including phenoxy) is 2. The number of hydrogen-bond donors (Lipinski definition) is 3. The Labute approximate surface area is 203 Å². The van der Waals surface area contributed by atoms with Gasteiger partial charge in [0.2, 0.25) is 0 Å². The Morgan fingerprint density at radius 3 is 2.23 bits per heavy atom. The molecule has 35 heavy (non-hydrogen) atoms. The van der Waals surface area contributed by atoms with Gasteiger partial charge in [0, 0.05) is 23.7 Å². The van der Waals surface area contributed by atoms with Gasteiger partial charge in [-0.1, -0.05) is 48.5 Å². The molecule has 8 heteroatoms. The van der Waals surface area contributed by atoms with Gasteiger partial charge in [-0.3, -0.25) is 4.79 Å². The smallest absolute Gasteiger partial charge is 0.407 e. The summed E-state index contributed by atoms with van der Waals surface area (Å²) in [5.41, 5.74) is 11.9. The van der Waals surface area contributed by atoms with Crippen LogP contribution in [0.1, 0.15) is 39.9 Å². The van der Waals surface area contributed by atoms with E-state index in [1.54, 1.807) is 18.2 Å². The summed E-state index contributed by atoms with van der Waals surface area (Å²) in [6.45, 7) is 1.81. The van der Waals surface area contributed by atoms with E-state index in [0.29, 0.717) is 16.8 Å². The maximum atomic E-state index is 12.5. The lowest BCUT2D eigenvalue weighted by Gasteiger charge is -2.15. The van der Waals surface area contributed by atoms with Gasteiger partial charge in [-0.05, 0) is 52.9 Å². The summed E-state index contributed by atoms with van der Waals surface area (Å²) in [7, 11) is 1.25. The van der Waals surface area contributed by atoms with Crippen molar-refractivity contribution in [3.05, 3.63) is 89.0 Å². The summed E-state index contributed by atoms with van der Waals surface area (Å²) in [6, 6.07) is 20.1. The molecule has 0 bridgehead atoms. The molecule has 0 unspecified atom stereocenters. The maximum Gasteiger partial charge on any atom is 0.407 e. The number of nitrogen functional groups attached to an aromatic ring is 1. The Hall–Kier alpha value is -4.33. The topological polar surface area (TPSA) is 120 Å². The van der Waals surface area contributed by atoms with Crippen molar-refractivity contribution in [2.24, 2.45) is 0 Å². The number of rotatable bonds is 7. The van der Waals surface area contributed by atoms with Gasteiger partial charge in [0.25, 0.3) is 5.91 Å². The van der Waals surface area contributed by atoms with Crippen molar-refractivity contribution < 1.29 is 23.9 Å². The lowest BCUT2D eigenvalue weighted by molar-refractivity contribution is -0.142. The first-order valence-electron chi connectivity index (χ1n) is 11.2. The highest BCUT2D eigenvalue weighted by atomic mass is 16.5. The van der Waals surface area contributed by atoms with Crippen molar-refractivity contribution in [2.45, 2.75) is 25.4 Å². The number of amides is 2. The fourth-order valence-electron chi connectivity index (χ4n) is 4.23. The SMILES string of the molecule is COC(=O)[C@H](C)NC(=O)c1ccc(N)c(CNC(=O)OCC2c3ccccc3-c3ccccc32)c1. The van der Waals surface area contributed by atoms with Crippen LogP contribution in [0.5, 0.6) is 0 Å². The van der Waals surface area contributed by atoms with Gasteiger partial charge in [0.15, 0.2) is 0 Å². The number of hydrogen-bond acceptors (Lipinski definition) is 6. The van der Waals surface area contributed by atoms with Gasteiger partial charge in [-0.25, -0.2) is 9.59 Å². The number of fused-ring (bicyclic) bond motifs is 3. The van der Waals surface area contributed by atoms with Gasteiger partial charge in [0.05, 0.1) is 7.11 Å². The highest BCUT2D eigenvalue weighted by Gasteiger charge is 2.29. The van der Waals surface area contributed by atoms with Crippen LogP contribution in [0.3, 0.4) is 0 Å². The molecule has 1 aliphatic carbocycles. The molecule has 3 aromatic rings. The summed E-state index contributed by atoms with van der Waals surface area (Å²) in [5, 5.41) is 5.26. The summed E-state index contributed by atoms with van der Waals surface area (Å²) < 4.78 is 10.2. The number of benzene rings is 3. The molecule has 0 heterocycles. The third-order valence-electron chi connectivity index (χ3n) is 6.07. The van der Waals surface area contributed by atoms with Gasteiger partial charge in [-0.2, -0.15) is 0 Å². The molecule has 180 valence electrons.